The fraction of sp³-hybridized carbons (Fsp3) is 0.0588. The number of anilines is 2. The molecule has 5 nitrogen and oxygen atoms in total. The number of benzene rings is 2. The summed E-state index contributed by atoms with van der Waals surface area (Å²) in [6, 6.07) is 15.2. The minimum atomic E-state index is -0.0521. The summed E-state index contributed by atoms with van der Waals surface area (Å²) in [5.74, 6) is -0.0521. The third-order valence-electron chi connectivity index (χ3n) is 3.79. The lowest BCUT2D eigenvalue weighted by Gasteiger charge is -2.15. The van der Waals surface area contributed by atoms with E-state index in [1.807, 2.05) is 59.1 Å². The van der Waals surface area contributed by atoms with Crippen LogP contribution >= 0.6 is 36.2 Å². The Labute approximate surface area is 160 Å². The largest absolute Gasteiger partial charge is 0.399 e. The first-order valence-corrected chi connectivity index (χ1v) is 7.95. The number of rotatable bonds is 2. The molecule has 0 saturated heterocycles. The number of halogens is 2. The normalized spacial score (nSPS) is 10.3. The van der Waals surface area contributed by atoms with E-state index < -0.39 is 0 Å². The number of imidazole rings is 1. The van der Waals surface area contributed by atoms with Crippen molar-refractivity contribution in [2.45, 2.75) is 0 Å². The van der Waals surface area contributed by atoms with E-state index in [1.54, 1.807) is 11.9 Å². The zero-order valence-corrected chi connectivity index (χ0v) is 15.7. The molecule has 0 unspecified atom stereocenters. The number of nitrogens with zero attached hydrogens (tertiary/aromatic N) is 3. The van der Waals surface area contributed by atoms with Crippen LogP contribution in [-0.4, -0.2) is 22.3 Å². The molecule has 0 atom stereocenters. The van der Waals surface area contributed by atoms with Crippen LogP contribution in [0.1, 0.15) is 9.67 Å². The van der Waals surface area contributed by atoms with E-state index in [0.717, 1.165) is 21.7 Å². The second-order valence-corrected chi connectivity index (χ2v) is 6.32. The van der Waals surface area contributed by atoms with Gasteiger partial charge in [0.1, 0.15) is 4.88 Å². The molecule has 0 spiro atoms. The van der Waals surface area contributed by atoms with Gasteiger partial charge >= 0.3 is 0 Å². The Hall–Kier alpha value is -2.28. The fourth-order valence-corrected chi connectivity index (χ4v) is 3.53. The van der Waals surface area contributed by atoms with Crippen molar-refractivity contribution in [1.82, 2.24) is 9.38 Å². The van der Waals surface area contributed by atoms with Crippen LogP contribution in [0.25, 0.3) is 16.0 Å². The number of hydrogen-bond acceptors (Lipinski definition) is 4. The molecule has 25 heavy (non-hydrogen) atoms. The first-order valence-electron chi connectivity index (χ1n) is 7.14. The van der Waals surface area contributed by atoms with E-state index in [2.05, 4.69) is 4.98 Å². The number of nitrogen functional groups attached to an aromatic ring is 1. The summed E-state index contributed by atoms with van der Waals surface area (Å²) >= 11 is 1.38. The van der Waals surface area contributed by atoms with Gasteiger partial charge in [0.15, 0.2) is 4.96 Å². The van der Waals surface area contributed by atoms with E-state index in [9.17, 15) is 4.79 Å². The molecular formula is C17H16Cl2N4OS. The van der Waals surface area contributed by atoms with Crippen LogP contribution in [0.3, 0.4) is 0 Å². The number of hydrogen-bond donors (Lipinski definition) is 1. The fourth-order valence-electron chi connectivity index (χ4n) is 2.56. The van der Waals surface area contributed by atoms with Crippen LogP contribution in [0.2, 0.25) is 0 Å². The van der Waals surface area contributed by atoms with Crippen molar-refractivity contribution in [3.63, 3.8) is 0 Å². The number of thiazole rings is 1. The zero-order valence-electron chi connectivity index (χ0n) is 13.2. The van der Waals surface area contributed by atoms with Crippen molar-refractivity contribution >= 4 is 69.4 Å². The van der Waals surface area contributed by atoms with E-state index in [-0.39, 0.29) is 30.7 Å². The smallest absolute Gasteiger partial charge is 0.269 e. The molecule has 1 amide bonds. The van der Waals surface area contributed by atoms with E-state index in [0.29, 0.717) is 10.6 Å². The van der Waals surface area contributed by atoms with E-state index >= 15 is 0 Å². The van der Waals surface area contributed by atoms with Gasteiger partial charge in [0, 0.05) is 24.6 Å². The molecule has 0 saturated carbocycles. The second kappa shape index (κ2) is 7.31. The third kappa shape index (κ3) is 3.28. The summed E-state index contributed by atoms with van der Waals surface area (Å²) in [4.78, 5) is 20.3. The minimum absolute atomic E-state index is 0. The SMILES string of the molecule is CN(C(=O)c1cn2c(nc3ccc(N)cc32)s1)c1ccccc1.Cl.Cl. The van der Waals surface area contributed by atoms with Crippen LogP contribution in [0.15, 0.2) is 54.7 Å². The van der Waals surface area contributed by atoms with Crippen molar-refractivity contribution < 1.29 is 4.79 Å². The molecular weight excluding hydrogens is 379 g/mol. The number of para-hydroxylation sites is 1. The molecule has 0 fully saturated rings. The molecule has 4 rings (SSSR count). The predicted molar refractivity (Wildman–Crippen MR) is 109 cm³/mol. The molecule has 0 bridgehead atoms. The Balaban J connectivity index is 0.00000113. The Morgan fingerprint density at radius 3 is 2.60 bits per heavy atom. The number of nitrogens with two attached hydrogens (primary N) is 1. The topological polar surface area (TPSA) is 63.6 Å². The summed E-state index contributed by atoms with van der Waals surface area (Å²) in [6.45, 7) is 0. The van der Waals surface area contributed by atoms with Gasteiger partial charge in [-0.05, 0) is 30.3 Å². The molecule has 0 aliphatic rings. The Bertz CT molecular complexity index is 1030. The van der Waals surface area contributed by atoms with Crippen LogP contribution in [0.4, 0.5) is 11.4 Å². The number of fused-ring (bicyclic) bond motifs is 3. The van der Waals surface area contributed by atoms with Crippen LogP contribution < -0.4 is 10.6 Å². The van der Waals surface area contributed by atoms with Crippen LogP contribution in [0.5, 0.6) is 0 Å². The van der Waals surface area contributed by atoms with Crippen LogP contribution in [0, 0.1) is 0 Å². The Morgan fingerprint density at radius 1 is 1.16 bits per heavy atom. The second-order valence-electron chi connectivity index (χ2n) is 5.31. The summed E-state index contributed by atoms with van der Waals surface area (Å²) in [5, 5.41) is 0. The quantitative estimate of drug-likeness (QED) is 0.516. The molecule has 0 aliphatic carbocycles. The third-order valence-corrected chi connectivity index (χ3v) is 4.76. The van der Waals surface area contributed by atoms with E-state index in [1.165, 1.54) is 11.3 Å². The van der Waals surface area contributed by atoms with Gasteiger partial charge < -0.3 is 10.6 Å². The molecule has 2 aromatic heterocycles. The van der Waals surface area contributed by atoms with Gasteiger partial charge in [-0.15, -0.1) is 24.8 Å². The highest BCUT2D eigenvalue weighted by molar-refractivity contribution is 7.19. The summed E-state index contributed by atoms with van der Waals surface area (Å²) in [6.07, 6.45) is 1.83. The molecule has 2 N–H and O–H groups in total. The van der Waals surface area contributed by atoms with Crippen LogP contribution in [-0.2, 0) is 0 Å². The maximum absolute atomic E-state index is 12.7. The van der Waals surface area contributed by atoms with Gasteiger partial charge in [-0.2, -0.15) is 0 Å². The van der Waals surface area contributed by atoms with Gasteiger partial charge in [-0.25, -0.2) is 4.98 Å². The molecule has 130 valence electrons. The highest BCUT2D eigenvalue weighted by Crippen LogP contribution is 2.26. The Morgan fingerprint density at radius 2 is 1.88 bits per heavy atom. The first kappa shape index (κ1) is 19.1. The first-order chi connectivity index (χ1) is 11.1. The lowest BCUT2D eigenvalue weighted by Crippen LogP contribution is -2.25. The average molecular weight is 395 g/mol. The van der Waals surface area contributed by atoms with Gasteiger partial charge in [-0.3, -0.25) is 9.20 Å². The number of carbonyl (C=O) groups is 1. The number of aromatic nitrogens is 2. The lowest BCUT2D eigenvalue weighted by atomic mass is 10.3. The van der Waals surface area contributed by atoms with Crippen molar-refractivity contribution in [3.05, 3.63) is 59.6 Å². The molecule has 0 radical (unpaired) electrons. The minimum Gasteiger partial charge on any atom is -0.399 e. The molecule has 4 aromatic rings. The Kier molecular flexibility index (Phi) is 5.57. The monoisotopic (exact) mass is 394 g/mol. The zero-order chi connectivity index (χ0) is 16.0. The van der Waals surface area contributed by atoms with Crippen molar-refractivity contribution in [2.24, 2.45) is 0 Å². The van der Waals surface area contributed by atoms with Gasteiger partial charge in [0.2, 0.25) is 0 Å². The molecule has 2 heterocycles. The van der Waals surface area contributed by atoms with Gasteiger partial charge in [0.05, 0.1) is 11.0 Å². The average Bonchev–Trinajstić information content (AvgIpc) is 3.12. The van der Waals surface area contributed by atoms with Crippen molar-refractivity contribution in [2.75, 3.05) is 17.7 Å². The predicted octanol–water partition coefficient (Wildman–Crippen LogP) is 4.25. The highest BCUT2D eigenvalue weighted by atomic mass is 35.5. The van der Waals surface area contributed by atoms with Gasteiger partial charge in [-0.1, -0.05) is 29.5 Å². The highest BCUT2D eigenvalue weighted by Gasteiger charge is 2.18. The maximum Gasteiger partial charge on any atom is 0.269 e. The summed E-state index contributed by atoms with van der Waals surface area (Å²) in [5.41, 5.74) is 9.18. The summed E-state index contributed by atoms with van der Waals surface area (Å²) in [7, 11) is 1.77. The van der Waals surface area contributed by atoms with E-state index in [4.69, 9.17) is 5.73 Å². The van der Waals surface area contributed by atoms with Crippen molar-refractivity contribution in [3.8, 4) is 0 Å². The number of amides is 1. The summed E-state index contributed by atoms with van der Waals surface area (Å²) < 4.78 is 1.92. The maximum atomic E-state index is 12.7. The standard InChI is InChI=1S/C17H14N4OS.2ClH/c1-20(12-5-3-2-4-6-12)16(22)15-10-21-14-9-11(18)7-8-13(14)19-17(21)23-15;;/h2-10H,18H2,1H3;2*1H. The molecule has 0 aliphatic heterocycles. The van der Waals surface area contributed by atoms with Crippen molar-refractivity contribution in [1.29, 1.82) is 0 Å². The lowest BCUT2D eigenvalue weighted by molar-refractivity contribution is 0.0996. The van der Waals surface area contributed by atoms with Gasteiger partial charge in [0.25, 0.3) is 5.91 Å². The number of carbonyl (C=O) groups excluding carboxylic acids is 1. The molecule has 2 aromatic carbocycles. The molecule has 8 heteroatoms.